The van der Waals surface area contributed by atoms with Gasteiger partial charge in [0.15, 0.2) is 5.75 Å². The first-order chi connectivity index (χ1) is 8.00. The molecular formula is C10H17NO5S. The third-order valence-electron chi connectivity index (χ3n) is 3.34. The molecule has 0 aromatic carbocycles. The topological polar surface area (TPSA) is 83.9 Å². The van der Waals surface area contributed by atoms with E-state index in [2.05, 4.69) is 0 Å². The summed E-state index contributed by atoms with van der Waals surface area (Å²) in [4.78, 5) is 10.6. The van der Waals surface area contributed by atoms with E-state index in [1.54, 1.807) is 0 Å². The van der Waals surface area contributed by atoms with E-state index in [0.29, 0.717) is 6.61 Å². The molecule has 2 atom stereocenters. The van der Waals surface area contributed by atoms with Crippen LogP contribution < -0.4 is 0 Å². The maximum atomic E-state index is 11.9. The molecule has 0 aromatic rings. The number of ether oxygens (including phenoxy) is 1. The van der Waals surface area contributed by atoms with Crippen LogP contribution in [0.5, 0.6) is 0 Å². The second kappa shape index (κ2) is 4.91. The molecular weight excluding hydrogens is 246 g/mol. The molecule has 1 heterocycles. The van der Waals surface area contributed by atoms with Crippen molar-refractivity contribution in [3.63, 3.8) is 0 Å². The fourth-order valence-corrected chi connectivity index (χ4v) is 4.13. The number of carboxylic acid groups (broad SMARTS) is 1. The molecule has 0 amide bonds. The molecule has 2 rings (SSSR count). The minimum absolute atomic E-state index is 0.0546. The van der Waals surface area contributed by atoms with Gasteiger partial charge in [0.05, 0.1) is 18.8 Å². The van der Waals surface area contributed by atoms with Crippen LogP contribution in [0, 0.1) is 0 Å². The number of carbonyl (C=O) groups is 1. The van der Waals surface area contributed by atoms with Crippen molar-refractivity contribution in [3.05, 3.63) is 0 Å². The van der Waals surface area contributed by atoms with Gasteiger partial charge < -0.3 is 9.84 Å². The Bertz CT molecular complexity index is 392. The summed E-state index contributed by atoms with van der Waals surface area (Å²) in [6.45, 7) is 0.636. The zero-order valence-corrected chi connectivity index (χ0v) is 10.4. The predicted molar refractivity (Wildman–Crippen MR) is 60.1 cm³/mol. The van der Waals surface area contributed by atoms with Crippen LogP contribution in [0.2, 0.25) is 0 Å². The molecule has 0 bridgehead atoms. The molecule has 1 aliphatic heterocycles. The van der Waals surface area contributed by atoms with Crippen molar-refractivity contribution in [3.8, 4) is 0 Å². The summed E-state index contributed by atoms with van der Waals surface area (Å²) in [5.41, 5.74) is 0. The van der Waals surface area contributed by atoms with Gasteiger partial charge in [-0.2, -0.15) is 4.31 Å². The molecule has 2 fully saturated rings. The van der Waals surface area contributed by atoms with E-state index in [1.165, 1.54) is 4.31 Å². The van der Waals surface area contributed by atoms with E-state index in [0.717, 1.165) is 25.7 Å². The molecule has 2 unspecified atom stereocenters. The molecule has 2 aliphatic rings. The highest BCUT2D eigenvalue weighted by atomic mass is 32.2. The number of nitrogens with zero attached hydrogens (tertiary/aromatic N) is 1. The lowest BCUT2D eigenvalue weighted by Gasteiger charge is -2.42. The van der Waals surface area contributed by atoms with Gasteiger partial charge in [-0.25, -0.2) is 8.42 Å². The molecule has 7 heteroatoms. The lowest BCUT2D eigenvalue weighted by molar-refractivity contribution is -0.134. The summed E-state index contributed by atoms with van der Waals surface area (Å²) in [5.74, 6) is -2.13. The van der Waals surface area contributed by atoms with Crippen molar-refractivity contribution in [1.82, 2.24) is 4.31 Å². The van der Waals surface area contributed by atoms with Gasteiger partial charge in [-0.05, 0) is 12.8 Å². The Morgan fingerprint density at radius 2 is 2.06 bits per heavy atom. The molecule has 17 heavy (non-hydrogen) atoms. The molecule has 1 aliphatic carbocycles. The summed E-state index contributed by atoms with van der Waals surface area (Å²) in [5, 5.41) is 8.64. The number of aliphatic carboxylic acids is 1. The van der Waals surface area contributed by atoms with Crippen molar-refractivity contribution in [2.75, 3.05) is 18.9 Å². The van der Waals surface area contributed by atoms with Gasteiger partial charge in [0.2, 0.25) is 10.0 Å². The SMILES string of the molecule is O=C(O)CS(=O)(=O)N1CCOC2CCCCC21. The highest BCUT2D eigenvalue weighted by molar-refractivity contribution is 7.89. The number of sulfonamides is 1. The van der Waals surface area contributed by atoms with E-state index in [4.69, 9.17) is 9.84 Å². The first-order valence-corrected chi connectivity index (χ1v) is 7.44. The van der Waals surface area contributed by atoms with E-state index >= 15 is 0 Å². The number of fused-ring (bicyclic) bond motifs is 1. The minimum atomic E-state index is -3.70. The zero-order chi connectivity index (χ0) is 12.5. The van der Waals surface area contributed by atoms with Crippen molar-refractivity contribution in [1.29, 1.82) is 0 Å². The van der Waals surface area contributed by atoms with Gasteiger partial charge >= 0.3 is 5.97 Å². The molecule has 1 N–H and O–H groups in total. The Kier molecular flexibility index (Phi) is 3.70. The summed E-state index contributed by atoms with van der Waals surface area (Å²) >= 11 is 0. The van der Waals surface area contributed by atoms with Crippen LogP contribution >= 0.6 is 0 Å². The van der Waals surface area contributed by atoms with Crippen molar-refractivity contribution < 1.29 is 23.1 Å². The lowest BCUT2D eigenvalue weighted by Crippen LogP contribution is -2.55. The van der Waals surface area contributed by atoms with Crippen LogP contribution in [0.25, 0.3) is 0 Å². The van der Waals surface area contributed by atoms with Crippen LogP contribution in [0.3, 0.4) is 0 Å². The van der Waals surface area contributed by atoms with Crippen LogP contribution in [-0.2, 0) is 19.6 Å². The molecule has 6 nitrogen and oxygen atoms in total. The highest BCUT2D eigenvalue weighted by Gasteiger charge is 2.40. The largest absolute Gasteiger partial charge is 0.480 e. The quantitative estimate of drug-likeness (QED) is 0.777. The van der Waals surface area contributed by atoms with Crippen LogP contribution in [0.15, 0.2) is 0 Å². The number of morpholine rings is 1. The minimum Gasteiger partial charge on any atom is -0.480 e. The molecule has 0 spiro atoms. The molecule has 0 radical (unpaired) electrons. The Hall–Kier alpha value is -0.660. The van der Waals surface area contributed by atoms with Gasteiger partial charge in [0, 0.05) is 6.54 Å². The average Bonchev–Trinajstić information content (AvgIpc) is 2.26. The van der Waals surface area contributed by atoms with Crippen LogP contribution in [0.1, 0.15) is 25.7 Å². The average molecular weight is 263 g/mol. The fourth-order valence-electron chi connectivity index (χ4n) is 2.65. The van der Waals surface area contributed by atoms with Crippen LogP contribution in [0.4, 0.5) is 0 Å². The van der Waals surface area contributed by atoms with Crippen LogP contribution in [-0.4, -0.2) is 54.8 Å². The third kappa shape index (κ3) is 2.78. The lowest BCUT2D eigenvalue weighted by atomic mass is 9.91. The van der Waals surface area contributed by atoms with E-state index in [1.807, 2.05) is 0 Å². The molecule has 0 aromatic heterocycles. The Morgan fingerprint density at radius 3 is 2.76 bits per heavy atom. The Morgan fingerprint density at radius 1 is 1.35 bits per heavy atom. The van der Waals surface area contributed by atoms with E-state index in [-0.39, 0.29) is 18.7 Å². The van der Waals surface area contributed by atoms with Crippen molar-refractivity contribution in [2.45, 2.75) is 37.8 Å². The molecule has 98 valence electrons. The number of rotatable bonds is 3. The first kappa shape index (κ1) is 12.8. The Balaban J connectivity index is 2.15. The van der Waals surface area contributed by atoms with Crippen molar-refractivity contribution >= 4 is 16.0 Å². The second-order valence-electron chi connectivity index (χ2n) is 4.52. The monoisotopic (exact) mass is 263 g/mol. The fraction of sp³-hybridized carbons (Fsp3) is 0.900. The zero-order valence-electron chi connectivity index (χ0n) is 9.54. The predicted octanol–water partition coefficient (Wildman–Crippen LogP) is 0.0442. The number of hydrogen-bond donors (Lipinski definition) is 1. The summed E-state index contributed by atoms with van der Waals surface area (Å²) in [7, 11) is -3.70. The first-order valence-electron chi connectivity index (χ1n) is 5.83. The summed E-state index contributed by atoms with van der Waals surface area (Å²) in [6, 6.07) is -0.165. The molecule has 1 saturated carbocycles. The highest BCUT2D eigenvalue weighted by Crippen LogP contribution is 2.30. The van der Waals surface area contributed by atoms with Gasteiger partial charge in [-0.15, -0.1) is 0 Å². The van der Waals surface area contributed by atoms with Gasteiger partial charge in [0.1, 0.15) is 0 Å². The third-order valence-corrected chi connectivity index (χ3v) is 5.12. The van der Waals surface area contributed by atoms with E-state index < -0.39 is 21.7 Å². The van der Waals surface area contributed by atoms with Crippen molar-refractivity contribution in [2.24, 2.45) is 0 Å². The number of hydrogen-bond acceptors (Lipinski definition) is 4. The summed E-state index contributed by atoms with van der Waals surface area (Å²) in [6.07, 6.45) is 3.60. The van der Waals surface area contributed by atoms with Gasteiger partial charge in [-0.1, -0.05) is 12.8 Å². The van der Waals surface area contributed by atoms with E-state index in [9.17, 15) is 13.2 Å². The standard InChI is InChI=1S/C10H17NO5S/c12-10(13)7-17(14,15)11-5-6-16-9-4-2-1-3-8(9)11/h8-9H,1-7H2,(H,12,13). The van der Waals surface area contributed by atoms with Gasteiger partial charge in [0.25, 0.3) is 0 Å². The smallest absolute Gasteiger partial charge is 0.320 e. The maximum absolute atomic E-state index is 11.9. The molecule has 1 saturated heterocycles. The number of carboxylic acids is 1. The van der Waals surface area contributed by atoms with Gasteiger partial charge in [-0.3, -0.25) is 4.79 Å². The normalized spacial score (nSPS) is 30.8. The summed E-state index contributed by atoms with van der Waals surface area (Å²) < 4.78 is 30.8. The maximum Gasteiger partial charge on any atom is 0.320 e. The second-order valence-corrected chi connectivity index (χ2v) is 6.44. The Labute approximate surface area is 101 Å².